The number of nitrogens with zero attached hydrogens (tertiary/aromatic N) is 6. The number of halogens is 1. The van der Waals surface area contributed by atoms with Crippen LogP contribution in [0.4, 0.5) is 5.95 Å². The summed E-state index contributed by atoms with van der Waals surface area (Å²) in [7, 11) is 1.62. The van der Waals surface area contributed by atoms with Crippen molar-refractivity contribution in [2.75, 3.05) is 12.5 Å². The van der Waals surface area contributed by atoms with E-state index in [0.29, 0.717) is 16.4 Å². The van der Waals surface area contributed by atoms with Crippen molar-refractivity contribution in [1.82, 2.24) is 25.0 Å². The lowest BCUT2D eigenvalue weighted by atomic mass is 10.1. The SMILES string of the molecule is COc1ccc(-c2cnnc(N/N=C/c3c(C)nn(-c4ccccc4)c3Cl)n2)cc1. The van der Waals surface area contributed by atoms with E-state index in [-0.39, 0.29) is 5.95 Å². The number of hydrogen-bond donors (Lipinski definition) is 1. The van der Waals surface area contributed by atoms with Crippen LogP contribution in [0, 0.1) is 6.92 Å². The van der Waals surface area contributed by atoms with Gasteiger partial charge in [0.1, 0.15) is 10.9 Å². The normalized spacial score (nSPS) is 11.0. The van der Waals surface area contributed by atoms with Gasteiger partial charge in [0.15, 0.2) is 0 Å². The molecule has 0 saturated carbocycles. The van der Waals surface area contributed by atoms with Crippen molar-refractivity contribution in [3.8, 4) is 22.7 Å². The monoisotopic (exact) mass is 419 g/mol. The maximum Gasteiger partial charge on any atom is 0.263 e. The first-order valence-corrected chi connectivity index (χ1v) is 9.47. The van der Waals surface area contributed by atoms with E-state index in [4.69, 9.17) is 16.3 Å². The number of ether oxygens (including phenoxy) is 1. The Balaban J connectivity index is 1.52. The van der Waals surface area contributed by atoms with Crippen molar-refractivity contribution < 1.29 is 4.74 Å². The molecule has 0 bridgehead atoms. The van der Waals surface area contributed by atoms with Gasteiger partial charge in [-0.3, -0.25) is 0 Å². The van der Waals surface area contributed by atoms with Crippen LogP contribution in [0.15, 0.2) is 65.9 Å². The molecule has 0 fully saturated rings. The Morgan fingerprint density at radius 1 is 1.10 bits per heavy atom. The van der Waals surface area contributed by atoms with Gasteiger partial charge in [-0.05, 0) is 43.3 Å². The quantitative estimate of drug-likeness (QED) is 0.373. The molecule has 0 aliphatic rings. The molecule has 0 aliphatic carbocycles. The Kier molecular flexibility index (Phi) is 5.67. The summed E-state index contributed by atoms with van der Waals surface area (Å²) in [5.74, 6) is 1.04. The average molecular weight is 420 g/mol. The molecule has 0 atom stereocenters. The molecule has 2 aromatic heterocycles. The van der Waals surface area contributed by atoms with E-state index in [9.17, 15) is 0 Å². The first-order valence-electron chi connectivity index (χ1n) is 9.09. The number of nitrogens with one attached hydrogen (secondary N) is 1. The topological polar surface area (TPSA) is 90.1 Å². The van der Waals surface area contributed by atoms with Gasteiger partial charge in [0.25, 0.3) is 5.95 Å². The van der Waals surface area contributed by atoms with Gasteiger partial charge in [0, 0.05) is 5.56 Å². The minimum atomic E-state index is 0.267. The van der Waals surface area contributed by atoms with E-state index < -0.39 is 0 Å². The Bertz CT molecular complexity index is 1170. The minimum absolute atomic E-state index is 0.267. The molecule has 0 spiro atoms. The third kappa shape index (κ3) is 4.13. The molecule has 4 aromatic rings. The van der Waals surface area contributed by atoms with Crippen LogP contribution in [0.25, 0.3) is 16.9 Å². The van der Waals surface area contributed by atoms with Crippen LogP contribution < -0.4 is 10.2 Å². The van der Waals surface area contributed by atoms with E-state index in [2.05, 4.69) is 30.8 Å². The van der Waals surface area contributed by atoms with Gasteiger partial charge in [-0.15, -0.1) is 5.10 Å². The van der Waals surface area contributed by atoms with Gasteiger partial charge in [-0.2, -0.15) is 15.3 Å². The van der Waals surface area contributed by atoms with Gasteiger partial charge in [-0.25, -0.2) is 15.1 Å². The van der Waals surface area contributed by atoms with E-state index in [0.717, 1.165) is 22.7 Å². The lowest BCUT2D eigenvalue weighted by Gasteiger charge is -2.04. The predicted molar refractivity (Wildman–Crippen MR) is 116 cm³/mol. The zero-order valence-corrected chi connectivity index (χ0v) is 17.1. The van der Waals surface area contributed by atoms with Crippen molar-refractivity contribution in [1.29, 1.82) is 0 Å². The number of hydrazone groups is 1. The Morgan fingerprint density at radius 2 is 1.87 bits per heavy atom. The molecule has 0 radical (unpaired) electrons. The average Bonchev–Trinajstić information content (AvgIpc) is 3.08. The summed E-state index contributed by atoms with van der Waals surface area (Å²) in [6.07, 6.45) is 3.18. The molecule has 9 heteroatoms. The lowest BCUT2D eigenvalue weighted by molar-refractivity contribution is 0.415. The van der Waals surface area contributed by atoms with Crippen molar-refractivity contribution in [3.63, 3.8) is 0 Å². The van der Waals surface area contributed by atoms with Crippen LogP contribution in [0.2, 0.25) is 5.15 Å². The predicted octanol–water partition coefficient (Wildman–Crippen LogP) is 4.14. The molecule has 0 unspecified atom stereocenters. The summed E-state index contributed by atoms with van der Waals surface area (Å²) in [4.78, 5) is 4.43. The number of anilines is 1. The summed E-state index contributed by atoms with van der Waals surface area (Å²) in [6.45, 7) is 1.87. The number of aromatic nitrogens is 5. The van der Waals surface area contributed by atoms with Gasteiger partial charge >= 0.3 is 0 Å². The van der Waals surface area contributed by atoms with Crippen molar-refractivity contribution in [3.05, 3.63) is 77.2 Å². The molecular weight excluding hydrogens is 402 g/mol. The minimum Gasteiger partial charge on any atom is -0.497 e. The third-order valence-corrected chi connectivity index (χ3v) is 4.72. The molecule has 0 amide bonds. The molecule has 0 saturated heterocycles. The van der Waals surface area contributed by atoms with Crippen molar-refractivity contribution in [2.24, 2.45) is 5.10 Å². The summed E-state index contributed by atoms with van der Waals surface area (Å²) in [5, 5.41) is 17.1. The Morgan fingerprint density at radius 3 is 2.60 bits per heavy atom. The van der Waals surface area contributed by atoms with Gasteiger partial charge in [0.05, 0.1) is 42.2 Å². The first kappa shape index (κ1) is 19.5. The maximum atomic E-state index is 6.50. The number of para-hydroxylation sites is 1. The number of rotatable bonds is 6. The van der Waals surface area contributed by atoms with Gasteiger partial charge in [0.2, 0.25) is 0 Å². The fourth-order valence-electron chi connectivity index (χ4n) is 2.80. The lowest BCUT2D eigenvalue weighted by Crippen LogP contribution is -2.00. The summed E-state index contributed by atoms with van der Waals surface area (Å²) in [5.41, 5.74) is 6.67. The fraction of sp³-hybridized carbons (Fsp3) is 0.0952. The molecule has 8 nitrogen and oxygen atoms in total. The molecule has 150 valence electrons. The standard InChI is InChI=1S/C21H18ClN7O/c1-14-18(20(22)29(28-14)16-6-4-3-5-7-16)12-23-26-21-25-19(13-24-27-21)15-8-10-17(30-2)11-9-15/h3-13H,1-2H3,(H,25,26,27)/b23-12+. The highest BCUT2D eigenvalue weighted by atomic mass is 35.5. The van der Waals surface area contributed by atoms with Crippen LogP contribution in [0.3, 0.4) is 0 Å². The summed E-state index contributed by atoms with van der Waals surface area (Å²) < 4.78 is 6.84. The second-order valence-electron chi connectivity index (χ2n) is 6.30. The van der Waals surface area contributed by atoms with E-state index in [1.807, 2.05) is 61.5 Å². The highest BCUT2D eigenvalue weighted by Crippen LogP contribution is 2.22. The van der Waals surface area contributed by atoms with Crippen LogP contribution in [0.1, 0.15) is 11.3 Å². The number of hydrogen-bond acceptors (Lipinski definition) is 7. The van der Waals surface area contributed by atoms with E-state index in [1.165, 1.54) is 0 Å². The first-order chi connectivity index (χ1) is 14.7. The highest BCUT2D eigenvalue weighted by molar-refractivity contribution is 6.32. The Hall–Kier alpha value is -3.78. The molecule has 4 rings (SSSR count). The van der Waals surface area contributed by atoms with Gasteiger partial charge < -0.3 is 4.74 Å². The maximum absolute atomic E-state index is 6.50. The van der Waals surface area contributed by atoms with Crippen molar-refractivity contribution >= 4 is 23.8 Å². The zero-order chi connectivity index (χ0) is 20.9. The highest BCUT2D eigenvalue weighted by Gasteiger charge is 2.13. The molecule has 1 N–H and O–H groups in total. The van der Waals surface area contributed by atoms with E-state index >= 15 is 0 Å². The van der Waals surface area contributed by atoms with Crippen LogP contribution in [-0.2, 0) is 0 Å². The van der Waals surface area contributed by atoms with Crippen LogP contribution >= 0.6 is 11.6 Å². The molecule has 30 heavy (non-hydrogen) atoms. The second kappa shape index (κ2) is 8.71. The molecule has 2 aromatic carbocycles. The largest absolute Gasteiger partial charge is 0.497 e. The van der Waals surface area contributed by atoms with Crippen LogP contribution in [0.5, 0.6) is 5.75 Å². The van der Waals surface area contributed by atoms with Crippen molar-refractivity contribution in [2.45, 2.75) is 6.92 Å². The third-order valence-electron chi connectivity index (χ3n) is 4.35. The van der Waals surface area contributed by atoms with Gasteiger partial charge in [-0.1, -0.05) is 29.8 Å². The number of methoxy groups -OCH3 is 1. The molecule has 2 heterocycles. The zero-order valence-electron chi connectivity index (χ0n) is 16.3. The molecular formula is C21H18ClN7O. The molecule has 0 aliphatic heterocycles. The second-order valence-corrected chi connectivity index (χ2v) is 6.66. The smallest absolute Gasteiger partial charge is 0.263 e. The Labute approximate surface area is 178 Å². The fourth-order valence-corrected chi connectivity index (χ4v) is 3.13. The van der Waals surface area contributed by atoms with Crippen LogP contribution in [-0.4, -0.2) is 38.3 Å². The number of benzene rings is 2. The summed E-state index contributed by atoms with van der Waals surface area (Å²) >= 11 is 6.50. The summed E-state index contributed by atoms with van der Waals surface area (Å²) in [6, 6.07) is 17.2. The van der Waals surface area contributed by atoms with E-state index in [1.54, 1.807) is 24.2 Å². The number of aryl methyl sites for hydroxylation is 1.